The molecule has 2 rings (SSSR count). The van der Waals surface area contributed by atoms with Crippen LogP contribution in [-0.2, 0) is 14.3 Å². The first kappa shape index (κ1) is 21.0. The number of nitrogens with zero attached hydrogens (tertiary/aromatic N) is 2. The maximum absolute atomic E-state index is 12.4. The van der Waals surface area contributed by atoms with Crippen LogP contribution in [0.1, 0.15) is 20.3 Å². The lowest BCUT2D eigenvalue weighted by atomic mass is 10.0. The predicted octanol–water partition coefficient (Wildman–Crippen LogP) is 1.52. The minimum Gasteiger partial charge on any atom is -0.497 e. The zero-order valence-corrected chi connectivity index (χ0v) is 16.7. The average Bonchev–Trinajstić information content (AvgIpc) is 2.67. The maximum Gasteiger partial charge on any atom is 0.328 e. The van der Waals surface area contributed by atoms with Gasteiger partial charge in [-0.15, -0.1) is 0 Å². The average molecular weight is 377 g/mol. The van der Waals surface area contributed by atoms with Crippen molar-refractivity contribution in [2.24, 2.45) is 5.92 Å². The second-order valence-electron chi connectivity index (χ2n) is 7.23. The molecule has 1 aromatic carbocycles. The molecule has 1 aliphatic heterocycles. The molecular formula is C20H31N3O4. The summed E-state index contributed by atoms with van der Waals surface area (Å²) in [6.07, 6.45) is 0.573. The van der Waals surface area contributed by atoms with E-state index in [0.29, 0.717) is 18.9 Å². The van der Waals surface area contributed by atoms with Gasteiger partial charge in [-0.3, -0.25) is 9.69 Å². The number of hydrogen-bond acceptors (Lipinski definition) is 6. The van der Waals surface area contributed by atoms with E-state index >= 15 is 0 Å². The molecule has 27 heavy (non-hydrogen) atoms. The highest BCUT2D eigenvalue weighted by atomic mass is 16.5. The van der Waals surface area contributed by atoms with Crippen molar-refractivity contribution in [3.63, 3.8) is 0 Å². The number of carbonyl (C=O) groups excluding carboxylic acids is 2. The van der Waals surface area contributed by atoms with Crippen molar-refractivity contribution in [2.75, 3.05) is 51.8 Å². The molecule has 0 radical (unpaired) electrons. The van der Waals surface area contributed by atoms with E-state index in [-0.39, 0.29) is 11.9 Å². The molecule has 0 aromatic heterocycles. The summed E-state index contributed by atoms with van der Waals surface area (Å²) in [6.45, 7) is 7.63. The summed E-state index contributed by atoms with van der Waals surface area (Å²) in [5, 5.41) is 2.82. The van der Waals surface area contributed by atoms with Crippen LogP contribution in [0.25, 0.3) is 0 Å². The van der Waals surface area contributed by atoms with Crippen LogP contribution in [-0.4, -0.2) is 69.8 Å². The van der Waals surface area contributed by atoms with Gasteiger partial charge in [0.1, 0.15) is 11.8 Å². The van der Waals surface area contributed by atoms with Gasteiger partial charge in [-0.25, -0.2) is 4.79 Å². The van der Waals surface area contributed by atoms with Crippen molar-refractivity contribution in [1.82, 2.24) is 10.2 Å². The second-order valence-corrected chi connectivity index (χ2v) is 7.23. The van der Waals surface area contributed by atoms with Crippen LogP contribution < -0.4 is 15.0 Å². The maximum atomic E-state index is 12.4. The third-order valence-electron chi connectivity index (χ3n) is 4.71. The Labute approximate surface area is 161 Å². The molecule has 0 unspecified atom stereocenters. The van der Waals surface area contributed by atoms with Gasteiger partial charge in [-0.1, -0.05) is 13.8 Å². The van der Waals surface area contributed by atoms with Crippen LogP contribution in [0.5, 0.6) is 5.75 Å². The summed E-state index contributed by atoms with van der Waals surface area (Å²) in [4.78, 5) is 28.6. The van der Waals surface area contributed by atoms with Gasteiger partial charge < -0.3 is 19.7 Å². The van der Waals surface area contributed by atoms with E-state index in [1.807, 2.05) is 38.1 Å². The Morgan fingerprint density at radius 1 is 1.07 bits per heavy atom. The van der Waals surface area contributed by atoms with Gasteiger partial charge in [0.15, 0.2) is 0 Å². The zero-order chi connectivity index (χ0) is 19.8. The van der Waals surface area contributed by atoms with Crippen LogP contribution >= 0.6 is 0 Å². The third kappa shape index (κ3) is 6.43. The van der Waals surface area contributed by atoms with E-state index < -0.39 is 6.04 Å². The quantitative estimate of drug-likeness (QED) is 0.693. The highest BCUT2D eigenvalue weighted by Gasteiger charge is 2.25. The van der Waals surface area contributed by atoms with E-state index in [9.17, 15) is 9.59 Å². The van der Waals surface area contributed by atoms with Crippen molar-refractivity contribution in [2.45, 2.75) is 26.3 Å². The number of piperazine rings is 1. The number of hydrogen-bond donors (Lipinski definition) is 1. The SMILES string of the molecule is COC(=O)[C@@H](CC(C)C)NC(=O)CN1CCN(c2ccc(OC)cc2)CC1. The smallest absolute Gasteiger partial charge is 0.328 e. The Hall–Kier alpha value is -2.28. The Morgan fingerprint density at radius 3 is 2.22 bits per heavy atom. The molecule has 0 spiro atoms. The number of methoxy groups -OCH3 is 2. The van der Waals surface area contributed by atoms with Crippen molar-refractivity contribution in [3.05, 3.63) is 24.3 Å². The van der Waals surface area contributed by atoms with Crippen molar-refractivity contribution < 1.29 is 19.1 Å². The zero-order valence-electron chi connectivity index (χ0n) is 16.7. The molecule has 1 aromatic rings. The lowest BCUT2D eigenvalue weighted by Crippen LogP contribution is -2.51. The van der Waals surface area contributed by atoms with Gasteiger partial charge in [0, 0.05) is 31.9 Å². The fourth-order valence-corrected chi connectivity index (χ4v) is 3.23. The third-order valence-corrected chi connectivity index (χ3v) is 4.71. The van der Waals surface area contributed by atoms with E-state index in [4.69, 9.17) is 9.47 Å². The summed E-state index contributed by atoms with van der Waals surface area (Å²) >= 11 is 0. The van der Waals surface area contributed by atoms with Crippen LogP contribution in [0, 0.1) is 5.92 Å². The molecule has 7 nitrogen and oxygen atoms in total. The first-order chi connectivity index (χ1) is 12.9. The second kappa shape index (κ2) is 10.2. The molecule has 1 aliphatic rings. The summed E-state index contributed by atoms with van der Waals surface area (Å²) < 4.78 is 9.99. The number of esters is 1. The molecule has 1 fully saturated rings. The lowest BCUT2D eigenvalue weighted by molar-refractivity contribution is -0.145. The molecule has 1 N–H and O–H groups in total. The highest BCUT2D eigenvalue weighted by molar-refractivity contribution is 5.85. The van der Waals surface area contributed by atoms with Gasteiger partial charge >= 0.3 is 5.97 Å². The monoisotopic (exact) mass is 377 g/mol. The topological polar surface area (TPSA) is 71.1 Å². The largest absolute Gasteiger partial charge is 0.497 e. The fourth-order valence-electron chi connectivity index (χ4n) is 3.23. The van der Waals surface area contributed by atoms with Gasteiger partial charge in [0.25, 0.3) is 0 Å². The normalized spacial score (nSPS) is 16.1. The molecule has 1 atom stereocenters. The predicted molar refractivity (Wildman–Crippen MR) is 105 cm³/mol. The Kier molecular flexibility index (Phi) is 7.91. The van der Waals surface area contributed by atoms with Crippen LogP contribution in [0.15, 0.2) is 24.3 Å². The van der Waals surface area contributed by atoms with Gasteiger partial charge in [0.2, 0.25) is 5.91 Å². The molecule has 0 aliphatic carbocycles. The number of ether oxygens (including phenoxy) is 2. The van der Waals surface area contributed by atoms with Gasteiger partial charge in [-0.2, -0.15) is 0 Å². The molecule has 1 saturated heterocycles. The first-order valence-corrected chi connectivity index (χ1v) is 9.41. The minimum absolute atomic E-state index is 0.135. The molecule has 7 heteroatoms. The fraction of sp³-hybridized carbons (Fsp3) is 0.600. The number of benzene rings is 1. The van der Waals surface area contributed by atoms with E-state index in [2.05, 4.69) is 15.1 Å². The molecule has 150 valence electrons. The Morgan fingerprint density at radius 2 is 1.70 bits per heavy atom. The summed E-state index contributed by atoms with van der Waals surface area (Å²) in [7, 11) is 3.00. The summed E-state index contributed by atoms with van der Waals surface area (Å²) in [6, 6.07) is 7.43. The highest BCUT2D eigenvalue weighted by Crippen LogP contribution is 2.20. The van der Waals surface area contributed by atoms with E-state index in [1.165, 1.54) is 7.11 Å². The van der Waals surface area contributed by atoms with Crippen LogP contribution in [0.3, 0.4) is 0 Å². The number of nitrogens with one attached hydrogen (secondary N) is 1. The summed E-state index contributed by atoms with van der Waals surface area (Å²) in [5.74, 6) is 0.614. The molecular weight excluding hydrogens is 346 g/mol. The Balaban J connectivity index is 1.81. The number of amides is 1. The minimum atomic E-state index is -0.580. The number of rotatable bonds is 8. The number of carbonyl (C=O) groups is 2. The lowest BCUT2D eigenvalue weighted by Gasteiger charge is -2.36. The van der Waals surface area contributed by atoms with Gasteiger partial charge in [-0.05, 0) is 36.6 Å². The molecule has 0 saturated carbocycles. The van der Waals surface area contributed by atoms with Crippen LogP contribution in [0.4, 0.5) is 5.69 Å². The van der Waals surface area contributed by atoms with Crippen molar-refractivity contribution in [3.8, 4) is 5.75 Å². The van der Waals surface area contributed by atoms with Gasteiger partial charge in [0.05, 0.1) is 20.8 Å². The molecule has 1 heterocycles. The first-order valence-electron chi connectivity index (χ1n) is 9.41. The van der Waals surface area contributed by atoms with E-state index in [1.54, 1.807) is 7.11 Å². The Bertz CT molecular complexity index is 610. The standard InChI is InChI=1S/C20H31N3O4/c1-15(2)13-18(20(25)27-4)21-19(24)14-22-9-11-23(12-10-22)16-5-7-17(26-3)8-6-16/h5-8,15,18H,9-14H2,1-4H3,(H,21,24)/t18-/m1/s1. The van der Waals surface area contributed by atoms with Crippen LogP contribution in [0.2, 0.25) is 0 Å². The molecule has 1 amide bonds. The van der Waals surface area contributed by atoms with Crippen molar-refractivity contribution >= 4 is 17.6 Å². The number of anilines is 1. The van der Waals surface area contributed by atoms with E-state index in [0.717, 1.165) is 37.6 Å². The van der Waals surface area contributed by atoms with Crippen molar-refractivity contribution in [1.29, 1.82) is 0 Å². The summed E-state index contributed by atoms with van der Waals surface area (Å²) in [5.41, 5.74) is 1.16. The molecule has 0 bridgehead atoms.